The van der Waals surface area contributed by atoms with Crippen molar-refractivity contribution >= 4 is 23.5 Å². The molecule has 1 unspecified atom stereocenters. The lowest BCUT2D eigenvalue weighted by Gasteiger charge is -2.31. The van der Waals surface area contributed by atoms with Gasteiger partial charge in [0.15, 0.2) is 0 Å². The molecule has 1 heterocycles. The lowest BCUT2D eigenvalue weighted by atomic mass is 9.97. The van der Waals surface area contributed by atoms with Crippen molar-refractivity contribution in [2.45, 2.75) is 12.5 Å². The SMILES string of the molecule is CN(Cc1ccc(Cl)cc1)C(=O)NCC(C(=O)N1CCOCC1)c1ccccc1. The maximum atomic E-state index is 13.1. The first-order valence-corrected chi connectivity index (χ1v) is 10.1. The molecule has 3 rings (SSSR count). The predicted octanol–water partition coefficient (Wildman–Crippen LogP) is 3.12. The van der Waals surface area contributed by atoms with Gasteiger partial charge in [0.2, 0.25) is 5.91 Å². The van der Waals surface area contributed by atoms with Crippen molar-refractivity contribution in [2.75, 3.05) is 39.9 Å². The van der Waals surface area contributed by atoms with Crippen LogP contribution in [0.4, 0.5) is 4.79 Å². The predicted molar refractivity (Wildman–Crippen MR) is 113 cm³/mol. The van der Waals surface area contributed by atoms with Gasteiger partial charge in [-0.3, -0.25) is 4.79 Å². The van der Waals surface area contributed by atoms with E-state index >= 15 is 0 Å². The molecule has 29 heavy (non-hydrogen) atoms. The third-order valence-electron chi connectivity index (χ3n) is 4.96. The molecule has 2 aromatic carbocycles. The molecular weight excluding hydrogens is 390 g/mol. The van der Waals surface area contributed by atoms with Gasteiger partial charge in [0, 0.05) is 38.2 Å². The summed E-state index contributed by atoms with van der Waals surface area (Å²) >= 11 is 5.91. The van der Waals surface area contributed by atoms with Gasteiger partial charge < -0.3 is 19.9 Å². The molecule has 0 spiro atoms. The molecule has 0 saturated carbocycles. The fraction of sp³-hybridized carbons (Fsp3) is 0.364. The summed E-state index contributed by atoms with van der Waals surface area (Å²) in [5, 5.41) is 3.58. The van der Waals surface area contributed by atoms with E-state index in [1.54, 1.807) is 24.1 Å². The number of benzene rings is 2. The van der Waals surface area contributed by atoms with E-state index in [1.807, 2.05) is 47.4 Å². The Bertz CT molecular complexity index is 808. The molecule has 0 bridgehead atoms. The molecule has 1 fully saturated rings. The number of amides is 3. The van der Waals surface area contributed by atoms with E-state index in [4.69, 9.17) is 16.3 Å². The fourth-order valence-corrected chi connectivity index (χ4v) is 3.42. The quantitative estimate of drug-likeness (QED) is 0.788. The van der Waals surface area contributed by atoms with Gasteiger partial charge >= 0.3 is 6.03 Å². The van der Waals surface area contributed by atoms with E-state index in [0.29, 0.717) is 37.9 Å². The number of halogens is 1. The number of urea groups is 1. The first-order valence-electron chi connectivity index (χ1n) is 9.69. The van der Waals surface area contributed by atoms with Crippen molar-refractivity contribution in [3.05, 3.63) is 70.7 Å². The minimum Gasteiger partial charge on any atom is -0.378 e. The summed E-state index contributed by atoms with van der Waals surface area (Å²) in [5.41, 5.74) is 1.88. The number of hydrogen-bond donors (Lipinski definition) is 1. The van der Waals surface area contributed by atoms with Gasteiger partial charge in [-0.1, -0.05) is 54.1 Å². The molecule has 0 radical (unpaired) electrons. The third kappa shape index (κ3) is 5.95. The number of carbonyl (C=O) groups excluding carboxylic acids is 2. The van der Waals surface area contributed by atoms with Crippen LogP contribution < -0.4 is 5.32 Å². The smallest absolute Gasteiger partial charge is 0.317 e. The summed E-state index contributed by atoms with van der Waals surface area (Å²) in [5.74, 6) is -0.415. The Morgan fingerprint density at radius 1 is 1.10 bits per heavy atom. The van der Waals surface area contributed by atoms with Crippen LogP contribution in [0.3, 0.4) is 0 Å². The second kappa shape index (κ2) is 10.3. The lowest BCUT2D eigenvalue weighted by Crippen LogP contribution is -2.46. The van der Waals surface area contributed by atoms with Crippen molar-refractivity contribution < 1.29 is 14.3 Å². The highest BCUT2D eigenvalue weighted by Gasteiger charge is 2.27. The average molecular weight is 416 g/mol. The van der Waals surface area contributed by atoms with Crippen LogP contribution in [-0.2, 0) is 16.1 Å². The number of carbonyl (C=O) groups is 2. The molecule has 0 aliphatic carbocycles. The normalized spacial score (nSPS) is 14.9. The number of rotatable bonds is 6. The number of hydrogen-bond acceptors (Lipinski definition) is 3. The Balaban J connectivity index is 1.63. The minimum atomic E-state index is -0.429. The van der Waals surface area contributed by atoms with Crippen LogP contribution in [0.25, 0.3) is 0 Å². The van der Waals surface area contributed by atoms with E-state index in [9.17, 15) is 9.59 Å². The molecule has 7 heteroatoms. The number of nitrogens with zero attached hydrogens (tertiary/aromatic N) is 2. The molecule has 2 aromatic rings. The van der Waals surface area contributed by atoms with Crippen molar-refractivity contribution in [1.29, 1.82) is 0 Å². The third-order valence-corrected chi connectivity index (χ3v) is 5.21. The van der Waals surface area contributed by atoms with Crippen LogP contribution in [0.5, 0.6) is 0 Å². The molecule has 1 N–H and O–H groups in total. The Hall–Kier alpha value is -2.57. The van der Waals surface area contributed by atoms with Crippen LogP contribution in [0, 0.1) is 0 Å². The highest BCUT2D eigenvalue weighted by atomic mass is 35.5. The number of nitrogens with one attached hydrogen (secondary N) is 1. The van der Waals surface area contributed by atoms with Gasteiger partial charge in [0.25, 0.3) is 0 Å². The minimum absolute atomic E-state index is 0.0140. The van der Waals surface area contributed by atoms with Gasteiger partial charge in [0.05, 0.1) is 19.1 Å². The maximum absolute atomic E-state index is 13.1. The van der Waals surface area contributed by atoms with Gasteiger partial charge in [-0.25, -0.2) is 4.79 Å². The summed E-state index contributed by atoms with van der Waals surface area (Å²) in [6.45, 7) is 2.94. The molecule has 1 atom stereocenters. The molecular formula is C22H26ClN3O3. The van der Waals surface area contributed by atoms with Crippen LogP contribution in [0.1, 0.15) is 17.0 Å². The van der Waals surface area contributed by atoms with E-state index in [-0.39, 0.29) is 18.5 Å². The molecule has 1 aliphatic rings. The summed E-state index contributed by atoms with van der Waals surface area (Å²) in [6, 6.07) is 16.7. The second-order valence-electron chi connectivity index (χ2n) is 7.07. The van der Waals surface area contributed by atoms with Gasteiger partial charge in [-0.15, -0.1) is 0 Å². The molecule has 0 aromatic heterocycles. The Morgan fingerprint density at radius 3 is 2.41 bits per heavy atom. The van der Waals surface area contributed by atoms with Crippen LogP contribution in [-0.4, -0.2) is 61.6 Å². The first-order chi connectivity index (χ1) is 14.0. The Kier molecular flexibility index (Phi) is 7.49. The van der Waals surface area contributed by atoms with Gasteiger partial charge in [-0.2, -0.15) is 0 Å². The van der Waals surface area contributed by atoms with Crippen LogP contribution in [0.15, 0.2) is 54.6 Å². The van der Waals surface area contributed by atoms with Crippen molar-refractivity contribution in [2.24, 2.45) is 0 Å². The highest BCUT2D eigenvalue weighted by Crippen LogP contribution is 2.19. The zero-order chi connectivity index (χ0) is 20.6. The first kappa shape index (κ1) is 21.1. The summed E-state index contributed by atoms with van der Waals surface area (Å²) in [6.07, 6.45) is 0. The molecule has 6 nitrogen and oxygen atoms in total. The molecule has 3 amide bonds. The van der Waals surface area contributed by atoms with E-state index in [1.165, 1.54) is 0 Å². The van der Waals surface area contributed by atoms with E-state index < -0.39 is 5.92 Å². The topological polar surface area (TPSA) is 61.9 Å². The standard InChI is InChI=1S/C22H26ClN3O3/c1-25(16-17-7-9-19(23)10-8-17)22(28)24-15-20(18-5-3-2-4-6-18)21(27)26-11-13-29-14-12-26/h2-10,20H,11-16H2,1H3,(H,24,28). The number of morpholine rings is 1. The largest absolute Gasteiger partial charge is 0.378 e. The maximum Gasteiger partial charge on any atom is 0.317 e. The summed E-state index contributed by atoms with van der Waals surface area (Å²) in [4.78, 5) is 29.1. The van der Waals surface area contributed by atoms with Crippen molar-refractivity contribution in [3.63, 3.8) is 0 Å². The monoisotopic (exact) mass is 415 g/mol. The average Bonchev–Trinajstić information content (AvgIpc) is 2.76. The fourth-order valence-electron chi connectivity index (χ4n) is 3.30. The molecule has 1 aliphatic heterocycles. The van der Waals surface area contributed by atoms with Crippen molar-refractivity contribution in [3.8, 4) is 0 Å². The summed E-state index contributed by atoms with van der Waals surface area (Å²) < 4.78 is 5.35. The van der Waals surface area contributed by atoms with Gasteiger partial charge in [0.1, 0.15) is 0 Å². The number of ether oxygens (including phenoxy) is 1. The zero-order valence-corrected chi connectivity index (χ0v) is 17.3. The Morgan fingerprint density at radius 2 is 1.76 bits per heavy atom. The lowest BCUT2D eigenvalue weighted by molar-refractivity contribution is -0.136. The van der Waals surface area contributed by atoms with E-state index in [2.05, 4.69) is 5.32 Å². The zero-order valence-electron chi connectivity index (χ0n) is 16.5. The van der Waals surface area contributed by atoms with E-state index in [0.717, 1.165) is 11.1 Å². The van der Waals surface area contributed by atoms with Gasteiger partial charge in [-0.05, 0) is 23.3 Å². The highest BCUT2D eigenvalue weighted by molar-refractivity contribution is 6.30. The molecule has 1 saturated heterocycles. The Labute approximate surface area is 176 Å². The summed E-state index contributed by atoms with van der Waals surface area (Å²) in [7, 11) is 1.73. The van der Waals surface area contributed by atoms with Crippen LogP contribution in [0.2, 0.25) is 5.02 Å². The second-order valence-corrected chi connectivity index (χ2v) is 7.51. The van der Waals surface area contributed by atoms with Crippen LogP contribution >= 0.6 is 11.6 Å². The molecule has 154 valence electrons. The van der Waals surface area contributed by atoms with Crippen molar-refractivity contribution in [1.82, 2.24) is 15.1 Å².